The lowest BCUT2D eigenvalue weighted by atomic mass is 10.2. The molecule has 2 unspecified atom stereocenters. The minimum absolute atomic E-state index is 0.121. The molecular weight excluding hydrogens is 710 g/mol. The van der Waals surface area contributed by atoms with Gasteiger partial charge in [0, 0.05) is 24.7 Å². The lowest BCUT2D eigenvalue weighted by molar-refractivity contribution is 0.325. The molecule has 202 valence electrons. The molecule has 0 radical (unpaired) electrons. The number of aromatic nitrogens is 5. The molecule has 0 bridgehead atoms. The highest BCUT2D eigenvalue weighted by atomic mass is 127. The van der Waals surface area contributed by atoms with Crippen LogP contribution in [0.1, 0.15) is 24.7 Å². The fourth-order valence-electron chi connectivity index (χ4n) is 3.66. The van der Waals surface area contributed by atoms with Gasteiger partial charge in [-0.3, -0.25) is 8.87 Å². The number of aryl methyl sites for hydroxylation is 1. The minimum Gasteiger partial charge on any atom is -0.494 e. The van der Waals surface area contributed by atoms with Crippen molar-refractivity contribution in [3.63, 3.8) is 0 Å². The number of para-hydroxylation sites is 1. The number of hydrogen-bond acceptors (Lipinski definition) is 10. The fourth-order valence-corrected chi connectivity index (χ4v) is 5.86. The fraction of sp³-hybridized carbons (Fsp3) is 0.333. The average molecular weight is 735 g/mol. The Morgan fingerprint density at radius 1 is 1.13 bits per heavy atom. The van der Waals surface area contributed by atoms with Crippen LogP contribution in [0.3, 0.4) is 0 Å². The highest BCUT2D eigenvalue weighted by molar-refractivity contribution is 14.2. The van der Waals surface area contributed by atoms with E-state index in [9.17, 15) is 0 Å². The summed E-state index contributed by atoms with van der Waals surface area (Å²) in [4.78, 5) is 8.30. The maximum atomic E-state index is 15.5. The maximum Gasteiger partial charge on any atom is 0.242 e. The summed E-state index contributed by atoms with van der Waals surface area (Å²) in [5, 5.41) is 8.52. The molecule has 4 rings (SSSR count). The topological polar surface area (TPSA) is 91.3 Å². The van der Waals surface area contributed by atoms with Crippen molar-refractivity contribution < 1.29 is 18.3 Å². The van der Waals surface area contributed by atoms with Crippen molar-refractivity contribution in [1.29, 1.82) is 0 Å². The molecule has 0 saturated carbocycles. The summed E-state index contributed by atoms with van der Waals surface area (Å²) in [6.45, 7) is 4.22. The SMILES string of the molecule is COc1cccc(OC)c1-n1c(-c2ccc(C)o2)nnc1N(CCSI)SC(C)C(F)c1ncc(Br)cn1. The summed E-state index contributed by atoms with van der Waals surface area (Å²) in [6.07, 6.45) is 1.67. The van der Waals surface area contributed by atoms with Crippen LogP contribution >= 0.6 is 58.0 Å². The van der Waals surface area contributed by atoms with E-state index in [1.165, 1.54) is 11.9 Å². The van der Waals surface area contributed by atoms with Gasteiger partial charge in [-0.15, -0.1) is 10.2 Å². The summed E-state index contributed by atoms with van der Waals surface area (Å²) in [7, 11) is 4.83. The van der Waals surface area contributed by atoms with E-state index in [0.29, 0.717) is 45.7 Å². The van der Waals surface area contributed by atoms with Crippen LogP contribution in [0.5, 0.6) is 11.5 Å². The third-order valence-electron chi connectivity index (χ3n) is 5.42. The second-order valence-corrected chi connectivity index (χ2v) is 12.8. The molecule has 2 atom stereocenters. The number of ether oxygens (including phenoxy) is 2. The Labute approximate surface area is 249 Å². The Morgan fingerprint density at radius 3 is 2.39 bits per heavy atom. The molecular formula is C24H25BrFIN6O3S2. The van der Waals surface area contributed by atoms with Crippen molar-refractivity contribution in [1.82, 2.24) is 24.7 Å². The molecule has 14 heteroatoms. The Kier molecular flexibility index (Phi) is 10.2. The van der Waals surface area contributed by atoms with E-state index in [1.807, 2.05) is 46.1 Å². The maximum absolute atomic E-state index is 15.5. The highest BCUT2D eigenvalue weighted by Crippen LogP contribution is 2.41. The third-order valence-corrected chi connectivity index (χ3v) is 8.66. The molecule has 0 N–H and O–H groups in total. The predicted molar refractivity (Wildman–Crippen MR) is 161 cm³/mol. The van der Waals surface area contributed by atoms with Crippen LogP contribution in [0.25, 0.3) is 17.3 Å². The van der Waals surface area contributed by atoms with Crippen molar-refractivity contribution in [2.75, 3.05) is 30.8 Å². The first-order valence-electron chi connectivity index (χ1n) is 11.4. The van der Waals surface area contributed by atoms with Crippen molar-refractivity contribution in [2.45, 2.75) is 25.3 Å². The van der Waals surface area contributed by atoms with Gasteiger partial charge < -0.3 is 13.9 Å². The Hall–Kier alpha value is -2.04. The first kappa shape index (κ1) is 29.0. The Balaban J connectivity index is 1.82. The molecule has 0 aliphatic rings. The zero-order valence-corrected chi connectivity index (χ0v) is 26.3. The Morgan fingerprint density at radius 2 is 1.82 bits per heavy atom. The predicted octanol–water partition coefficient (Wildman–Crippen LogP) is 7.04. The van der Waals surface area contributed by atoms with E-state index in [1.54, 1.807) is 42.5 Å². The van der Waals surface area contributed by atoms with Crippen LogP contribution in [0, 0.1) is 6.92 Å². The summed E-state index contributed by atoms with van der Waals surface area (Å²) in [5.74, 6) is 4.20. The van der Waals surface area contributed by atoms with Crippen molar-refractivity contribution in [3.8, 4) is 28.8 Å². The van der Waals surface area contributed by atoms with Crippen LogP contribution < -0.4 is 13.8 Å². The number of methoxy groups -OCH3 is 2. The number of rotatable bonds is 12. The molecule has 0 aliphatic carbocycles. The molecule has 1 aromatic carbocycles. The average Bonchev–Trinajstić information content (AvgIpc) is 3.56. The van der Waals surface area contributed by atoms with Gasteiger partial charge in [0.15, 0.2) is 17.8 Å². The third kappa shape index (κ3) is 6.39. The van der Waals surface area contributed by atoms with Crippen LogP contribution in [0.15, 0.2) is 51.6 Å². The van der Waals surface area contributed by atoms with Gasteiger partial charge in [-0.1, -0.05) is 15.0 Å². The van der Waals surface area contributed by atoms with Crippen molar-refractivity contribution >= 4 is 64.0 Å². The van der Waals surface area contributed by atoms with E-state index in [0.717, 1.165) is 11.5 Å². The number of hydrogen-bond donors (Lipinski definition) is 0. The number of anilines is 1. The smallest absolute Gasteiger partial charge is 0.242 e. The number of furan rings is 1. The monoisotopic (exact) mass is 734 g/mol. The number of nitrogens with zero attached hydrogens (tertiary/aromatic N) is 6. The van der Waals surface area contributed by atoms with E-state index in [4.69, 9.17) is 13.9 Å². The normalized spacial score (nSPS) is 12.8. The van der Waals surface area contributed by atoms with Gasteiger partial charge in [-0.05, 0) is 87.2 Å². The van der Waals surface area contributed by atoms with Gasteiger partial charge in [0.05, 0.1) is 23.9 Å². The van der Waals surface area contributed by atoms with E-state index in [2.05, 4.69) is 57.3 Å². The Bertz CT molecular complexity index is 1340. The molecule has 0 saturated heterocycles. The molecule has 0 spiro atoms. The largest absolute Gasteiger partial charge is 0.494 e. The zero-order valence-electron chi connectivity index (χ0n) is 21.0. The first-order valence-corrected chi connectivity index (χ1v) is 16.6. The summed E-state index contributed by atoms with van der Waals surface area (Å²) in [5.41, 5.74) is 0.606. The van der Waals surface area contributed by atoms with Crippen molar-refractivity contribution in [3.05, 3.63) is 58.8 Å². The van der Waals surface area contributed by atoms with Gasteiger partial charge in [0.2, 0.25) is 11.8 Å². The van der Waals surface area contributed by atoms with Gasteiger partial charge in [0.1, 0.15) is 22.9 Å². The lowest BCUT2D eigenvalue weighted by Gasteiger charge is -2.27. The first-order chi connectivity index (χ1) is 18.4. The summed E-state index contributed by atoms with van der Waals surface area (Å²) >= 11 is 6.85. The van der Waals surface area contributed by atoms with E-state index in [-0.39, 0.29) is 5.82 Å². The molecule has 4 aromatic rings. The quantitative estimate of drug-likeness (QED) is 0.112. The summed E-state index contributed by atoms with van der Waals surface area (Å²) in [6, 6.07) is 9.21. The number of halogens is 3. The zero-order chi connectivity index (χ0) is 27.2. The number of alkyl halides is 1. The standard InChI is InChI=1S/C24H25BrFIN6O3S2/c1-14-8-9-19(36-14)23-30-31-24(33(23)21-17(34-3)6-5-7-18(21)35-4)32(10-11-37-27)38-15(2)20(26)22-28-12-16(25)13-29-22/h5-9,12-13,15,20H,10-11H2,1-4H3. The van der Waals surface area contributed by atoms with Gasteiger partial charge in [-0.2, -0.15) is 0 Å². The molecule has 0 fully saturated rings. The second-order valence-electron chi connectivity index (χ2n) is 7.97. The van der Waals surface area contributed by atoms with Crippen LogP contribution in [-0.2, 0) is 0 Å². The molecule has 0 amide bonds. The molecule has 3 aromatic heterocycles. The van der Waals surface area contributed by atoms with Crippen molar-refractivity contribution in [2.24, 2.45) is 0 Å². The van der Waals surface area contributed by atoms with Gasteiger partial charge >= 0.3 is 0 Å². The second kappa shape index (κ2) is 13.3. The highest BCUT2D eigenvalue weighted by Gasteiger charge is 2.30. The molecule has 3 heterocycles. The van der Waals surface area contributed by atoms with E-state index < -0.39 is 11.4 Å². The minimum atomic E-state index is -1.41. The lowest BCUT2D eigenvalue weighted by Crippen LogP contribution is -2.26. The molecule has 0 aliphatic heterocycles. The summed E-state index contributed by atoms with van der Waals surface area (Å²) < 4.78 is 37.3. The number of benzene rings is 1. The molecule has 9 nitrogen and oxygen atoms in total. The van der Waals surface area contributed by atoms with Crippen LogP contribution in [-0.4, -0.2) is 56.5 Å². The van der Waals surface area contributed by atoms with Crippen LogP contribution in [0.4, 0.5) is 10.3 Å². The van der Waals surface area contributed by atoms with E-state index >= 15 is 4.39 Å². The van der Waals surface area contributed by atoms with Crippen LogP contribution in [0.2, 0.25) is 0 Å². The van der Waals surface area contributed by atoms with Gasteiger partial charge in [-0.25, -0.2) is 14.4 Å². The molecule has 38 heavy (non-hydrogen) atoms. The van der Waals surface area contributed by atoms with Gasteiger partial charge in [0.25, 0.3) is 0 Å².